The third kappa shape index (κ3) is 3.73. The van der Waals surface area contributed by atoms with Gasteiger partial charge in [-0.05, 0) is 45.7 Å². The number of fused-ring (bicyclic) bond motifs is 1. The van der Waals surface area contributed by atoms with Crippen LogP contribution in [0, 0.1) is 12.1 Å². The molecule has 5 nitrogen and oxygen atoms in total. The lowest BCUT2D eigenvalue weighted by Gasteiger charge is -2.58. The first-order valence-electron chi connectivity index (χ1n) is 10.2. The first kappa shape index (κ1) is 24.2. The van der Waals surface area contributed by atoms with E-state index < -0.39 is 19.9 Å². The Labute approximate surface area is 195 Å². The quantitative estimate of drug-likeness (QED) is 0.329. The predicted octanol–water partition coefficient (Wildman–Crippen LogP) is 5.91. The maximum absolute atomic E-state index is 6.78. The zero-order valence-corrected chi connectivity index (χ0v) is 22.1. The molecule has 0 saturated heterocycles. The van der Waals surface area contributed by atoms with Gasteiger partial charge < -0.3 is 23.4 Å². The van der Waals surface area contributed by atoms with Gasteiger partial charge in [0.2, 0.25) is 0 Å². The topological polar surface area (TPSA) is 46.2 Å². The van der Waals surface area contributed by atoms with Crippen LogP contribution in [0.15, 0.2) is 34.8 Å². The van der Waals surface area contributed by atoms with E-state index in [9.17, 15) is 0 Å². The van der Waals surface area contributed by atoms with E-state index in [1.807, 2.05) is 30.3 Å². The van der Waals surface area contributed by atoms with Crippen LogP contribution in [0.25, 0.3) is 0 Å². The smallest absolute Gasteiger partial charge is 0.257 e. The molecule has 1 unspecified atom stereocenters. The molecule has 7 heteroatoms. The van der Waals surface area contributed by atoms with E-state index in [2.05, 4.69) is 61.9 Å². The zero-order chi connectivity index (χ0) is 23.1. The van der Waals surface area contributed by atoms with Crippen molar-refractivity contribution >= 4 is 24.2 Å². The van der Waals surface area contributed by atoms with Crippen LogP contribution in [-0.4, -0.2) is 29.6 Å². The van der Waals surface area contributed by atoms with E-state index in [0.717, 1.165) is 11.1 Å². The third-order valence-electron chi connectivity index (χ3n) is 6.35. The van der Waals surface area contributed by atoms with Crippen LogP contribution >= 0.6 is 15.9 Å². The summed E-state index contributed by atoms with van der Waals surface area (Å²) in [6.45, 7) is 11.3. The maximum Gasteiger partial charge on any atom is 0.257 e. The van der Waals surface area contributed by atoms with Crippen LogP contribution in [0.1, 0.15) is 37.5 Å². The van der Waals surface area contributed by atoms with Crippen molar-refractivity contribution in [1.82, 2.24) is 0 Å². The molecular weight excluding hydrogens is 476 g/mol. The van der Waals surface area contributed by atoms with Crippen LogP contribution in [0.3, 0.4) is 0 Å². The van der Waals surface area contributed by atoms with Gasteiger partial charge in [0.05, 0.1) is 15.6 Å². The molecule has 0 N–H and O–H groups in total. The molecule has 1 atom stereocenters. The van der Waals surface area contributed by atoms with Gasteiger partial charge in [0.1, 0.15) is 6.61 Å². The Morgan fingerprint density at radius 1 is 0.935 bits per heavy atom. The summed E-state index contributed by atoms with van der Waals surface area (Å²) in [6.07, 6.45) is 0. The summed E-state index contributed by atoms with van der Waals surface area (Å²) < 4.78 is 31.4. The van der Waals surface area contributed by atoms with Crippen molar-refractivity contribution in [2.45, 2.75) is 57.1 Å². The molecule has 0 aliphatic heterocycles. The first-order chi connectivity index (χ1) is 14.5. The molecule has 1 aliphatic rings. The van der Waals surface area contributed by atoms with E-state index in [1.54, 1.807) is 21.3 Å². The molecular formula is C24H31BrO5Si. The third-order valence-corrected chi connectivity index (χ3v) is 11.5. The van der Waals surface area contributed by atoms with Crippen LogP contribution in [-0.2, 0) is 36.8 Å². The van der Waals surface area contributed by atoms with E-state index in [4.69, 9.17) is 23.4 Å². The summed E-state index contributed by atoms with van der Waals surface area (Å²) in [6, 6.07) is 16.3. The molecule has 0 bridgehead atoms. The minimum Gasteiger partial charge on any atom is -0.480 e. The summed E-state index contributed by atoms with van der Waals surface area (Å²) in [4.78, 5) is 0. The molecule has 2 aromatic carbocycles. The van der Waals surface area contributed by atoms with Gasteiger partial charge in [-0.25, -0.2) is 0 Å². The van der Waals surface area contributed by atoms with Crippen LogP contribution in [0.5, 0.6) is 5.75 Å². The maximum atomic E-state index is 6.78. The molecule has 1 aliphatic carbocycles. The van der Waals surface area contributed by atoms with Crippen molar-refractivity contribution in [3.05, 3.63) is 63.6 Å². The monoisotopic (exact) mass is 506 g/mol. The summed E-state index contributed by atoms with van der Waals surface area (Å²) >= 11 is 3.68. The van der Waals surface area contributed by atoms with Gasteiger partial charge in [-0.15, -0.1) is 0 Å². The zero-order valence-electron chi connectivity index (χ0n) is 19.5. The van der Waals surface area contributed by atoms with Gasteiger partial charge in [0.15, 0.2) is 14.1 Å². The van der Waals surface area contributed by atoms with Gasteiger partial charge in [-0.1, -0.05) is 57.2 Å². The van der Waals surface area contributed by atoms with E-state index in [0.29, 0.717) is 22.4 Å². The Balaban J connectivity index is 2.04. The number of ether oxygens (including phenoxy) is 4. The van der Waals surface area contributed by atoms with Crippen molar-refractivity contribution in [1.29, 1.82) is 0 Å². The van der Waals surface area contributed by atoms with Gasteiger partial charge in [0.25, 0.3) is 11.6 Å². The van der Waals surface area contributed by atoms with E-state index in [1.165, 1.54) is 0 Å². The molecule has 0 saturated carbocycles. The SMILES string of the molecule is COC1(O[Si](C)(C)C(C)(C)C)c2c#cc(OCc3ccccc3)c(Br)c2C1(OC)OC. The molecule has 0 radical (unpaired) electrons. The number of benzene rings is 1. The number of rotatable bonds is 8. The highest BCUT2D eigenvalue weighted by atomic mass is 79.9. The van der Waals surface area contributed by atoms with Crippen molar-refractivity contribution < 1.29 is 23.4 Å². The summed E-state index contributed by atoms with van der Waals surface area (Å²) in [5, 5.41) is -0.0405. The largest absolute Gasteiger partial charge is 0.480 e. The number of halogens is 1. The lowest BCUT2D eigenvalue weighted by atomic mass is 9.75. The fourth-order valence-corrected chi connectivity index (χ4v) is 5.59. The molecule has 2 aromatic rings. The Morgan fingerprint density at radius 3 is 2.03 bits per heavy atom. The Morgan fingerprint density at radius 2 is 1.52 bits per heavy atom. The number of methoxy groups -OCH3 is 3. The highest BCUT2D eigenvalue weighted by molar-refractivity contribution is 9.10. The molecule has 168 valence electrons. The number of hydrogen-bond acceptors (Lipinski definition) is 5. The van der Waals surface area contributed by atoms with Crippen molar-refractivity contribution in [2.75, 3.05) is 21.3 Å². The van der Waals surface area contributed by atoms with Gasteiger partial charge >= 0.3 is 0 Å². The summed E-state index contributed by atoms with van der Waals surface area (Å²) in [5.41, 5.74) is 2.49. The molecule has 31 heavy (non-hydrogen) atoms. The van der Waals surface area contributed by atoms with Gasteiger partial charge in [-0.3, -0.25) is 0 Å². The summed E-state index contributed by atoms with van der Waals surface area (Å²) in [7, 11) is 2.50. The molecule has 0 heterocycles. The van der Waals surface area contributed by atoms with Crippen molar-refractivity contribution in [3.63, 3.8) is 0 Å². The minimum absolute atomic E-state index is 0.0405. The normalized spacial score (nSPS) is 19.9. The Kier molecular flexibility index (Phi) is 6.65. The second kappa shape index (κ2) is 8.51. The Hall–Kier alpha value is -1.40. The van der Waals surface area contributed by atoms with Crippen LogP contribution < -0.4 is 4.74 Å². The molecule has 3 rings (SSSR count). The fraction of sp³-hybridized carbons (Fsp3) is 0.500. The predicted molar refractivity (Wildman–Crippen MR) is 125 cm³/mol. The first-order valence-corrected chi connectivity index (χ1v) is 13.9. The van der Waals surface area contributed by atoms with E-state index in [-0.39, 0.29) is 5.04 Å². The molecule has 0 spiro atoms. The molecule has 0 aromatic heterocycles. The standard InChI is InChI=1S/C24H31BrO5Si/c1-22(2,3)31(7,8)30-23(26-4)18-14-15-19(29-16-17-12-10-9-11-13-17)21(25)20(18)24(23,27-5)28-6/h9-13H,16H2,1-8H3. The van der Waals surface area contributed by atoms with Gasteiger partial charge in [0, 0.05) is 21.3 Å². The average Bonchev–Trinajstić information content (AvgIpc) is 2.72. The second-order valence-electron chi connectivity index (χ2n) is 9.13. The summed E-state index contributed by atoms with van der Waals surface area (Å²) in [5.74, 6) is -2.01. The lowest BCUT2D eigenvalue weighted by molar-refractivity contribution is -0.415. The number of hydrogen-bond donors (Lipinski definition) is 0. The highest BCUT2D eigenvalue weighted by Crippen LogP contribution is 2.62. The van der Waals surface area contributed by atoms with Gasteiger partial charge in [-0.2, -0.15) is 0 Å². The van der Waals surface area contributed by atoms with Crippen LogP contribution in [0.2, 0.25) is 18.1 Å². The van der Waals surface area contributed by atoms with E-state index >= 15 is 0 Å². The molecule has 0 fully saturated rings. The van der Waals surface area contributed by atoms with Crippen LogP contribution in [0.4, 0.5) is 0 Å². The Bertz CT molecular complexity index is 922. The lowest BCUT2D eigenvalue weighted by Crippen LogP contribution is -2.67. The minimum atomic E-state index is -2.28. The highest BCUT2D eigenvalue weighted by Gasteiger charge is 2.71. The van der Waals surface area contributed by atoms with Crippen molar-refractivity contribution in [2.24, 2.45) is 0 Å². The van der Waals surface area contributed by atoms with Crippen molar-refractivity contribution in [3.8, 4) is 5.75 Å². The average molecular weight is 507 g/mol. The fourth-order valence-electron chi connectivity index (χ4n) is 3.58. The second-order valence-corrected chi connectivity index (χ2v) is 14.6. The molecule has 0 amide bonds.